The van der Waals surface area contributed by atoms with E-state index in [2.05, 4.69) is 5.32 Å². The molecule has 9 heteroatoms. The zero-order valence-corrected chi connectivity index (χ0v) is 28.6. The number of benzene rings is 4. The molecule has 1 N–H and O–H groups in total. The lowest BCUT2D eigenvalue weighted by atomic mass is 10.0. The van der Waals surface area contributed by atoms with Crippen LogP contribution >= 0.6 is 11.6 Å². The summed E-state index contributed by atoms with van der Waals surface area (Å²) in [6.07, 6.45) is 0.231. The first-order valence-corrected chi connectivity index (χ1v) is 17.2. The first-order chi connectivity index (χ1) is 21.9. The Labute approximate surface area is 278 Å². The number of carbonyl (C=O) groups excluding carboxylic acids is 2. The fraction of sp³-hybridized carbons (Fsp3) is 0.297. The smallest absolute Gasteiger partial charge is 0.264 e. The second-order valence-corrected chi connectivity index (χ2v) is 14.3. The van der Waals surface area contributed by atoms with Crippen LogP contribution in [0.3, 0.4) is 0 Å². The molecule has 0 saturated heterocycles. The van der Waals surface area contributed by atoms with E-state index in [9.17, 15) is 18.0 Å². The van der Waals surface area contributed by atoms with Crippen LogP contribution in [0.25, 0.3) is 0 Å². The largest absolute Gasteiger partial charge is 0.354 e. The summed E-state index contributed by atoms with van der Waals surface area (Å²) in [6.45, 7) is 9.53. The molecule has 2 amide bonds. The Morgan fingerprint density at radius 1 is 0.826 bits per heavy atom. The Bertz CT molecular complexity index is 1760. The number of hydrogen-bond donors (Lipinski definition) is 1. The van der Waals surface area contributed by atoms with E-state index in [0.717, 1.165) is 26.6 Å². The van der Waals surface area contributed by atoms with E-state index in [4.69, 9.17) is 11.6 Å². The number of sulfonamides is 1. The van der Waals surface area contributed by atoms with Gasteiger partial charge in [-0.2, -0.15) is 0 Å². The quantitative estimate of drug-likeness (QED) is 0.170. The third-order valence-electron chi connectivity index (χ3n) is 7.99. The predicted octanol–water partition coefficient (Wildman–Crippen LogP) is 6.87. The van der Waals surface area contributed by atoms with Crippen molar-refractivity contribution < 1.29 is 18.0 Å². The van der Waals surface area contributed by atoms with Crippen LogP contribution in [0.15, 0.2) is 102 Å². The molecule has 0 aliphatic carbocycles. The Morgan fingerprint density at radius 2 is 1.48 bits per heavy atom. The van der Waals surface area contributed by atoms with Gasteiger partial charge in [0.1, 0.15) is 12.6 Å². The van der Waals surface area contributed by atoms with Gasteiger partial charge in [0.05, 0.1) is 10.6 Å². The van der Waals surface area contributed by atoms with Gasteiger partial charge in [0.2, 0.25) is 11.8 Å². The maximum absolute atomic E-state index is 14.6. The Hall–Kier alpha value is -4.14. The number of amides is 2. The summed E-state index contributed by atoms with van der Waals surface area (Å²) in [4.78, 5) is 30.1. The van der Waals surface area contributed by atoms with Gasteiger partial charge in [0.15, 0.2) is 0 Å². The van der Waals surface area contributed by atoms with E-state index in [0.29, 0.717) is 22.8 Å². The van der Waals surface area contributed by atoms with Crippen LogP contribution in [-0.2, 0) is 32.6 Å². The molecule has 0 aliphatic rings. The van der Waals surface area contributed by atoms with E-state index in [-0.39, 0.29) is 29.7 Å². The van der Waals surface area contributed by atoms with E-state index < -0.39 is 28.5 Å². The molecule has 4 aromatic carbocycles. The Balaban J connectivity index is 1.84. The number of nitrogens with zero attached hydrogens (tertiary/aromatic N) is 2. The van der Waals surface area contributed by atoms with Crippen molar-refractivity contribution in [3.63, 3.8) is 0 Å². The highest BCUT2D eigenvalue weighted by atomic mass is 35.5. The second-order valence-electron chi connectivity index (χ2n) is 12.0. The van der Waals surface area contributed by atoms with Crippen molar-refractivity contribution in [1.82, 2.24) is 10.2 Å². The molecule has 46 heavy (non-hydrogen) atoms. The standard InChI is InChI=1S/C37H42ClN3O4S/c1-26(2)23-39-37(43)35(22-30-13-7-6-8-14-30)40(24-31-15-9-10-16-33(31)38)36(42)25-41(34-17-11-12-28(4)29(34)5)46(44,45)32-20-18-27(3)19-21-32/h6-21,26,35H,22-25H2,1-5H3,(H,39,43)/t35-/m1/s1. The van der Waals surface area contributed by atoms with Crippen molar-refractivity contribution in [2.75, 3.05) is 17.4 Å². The highest BCUT2D eigenvalue weighted by Gasteiger charge is 2.35. The minimum atomic E-state index is -4.19. The topological polar surface area (TPSA) is 86.8 Å². The van der Waals surface area contributed by atoms with Gasteiger partial charge in [0, 0.05) is 24.5 Å². The first-order valence-electron chi connectivity index (χ1n) is 15.4. The molecule has 4 aromatic rings. The maximum atomic E-state index is 14.6. The highest BCUT2D eigenvalue weighted by molar-refractivity contribution is 7.92. The number of anilines is 1. The van der Waals surface area contributed by atoms with Gasteiger partial charge < -0.3 is 10.2 Å². The van der Waals surface area contributed by atoms with Crippen molar-refractivity contribution in [2.45, 2.75) is 58.5 Å². The molecule has 4 rings (SSSR count). The van der Waals surface area contributed by atoms with E-state index in [1.54, 1.807) is 54.6 Å². The molecule has 7 nitrogen and oxygen atoms in total. The predicted molar refractivity (Wildman–Crippen MR) is 185 cm³/mol. The van der Waals surface area contributed by atoms with Gasteiger partial charge in [0.25, 0.3) is 10.0 Å². The molecule has 0 spiro atoms. The fourth-order valence-corrected chi connectivity index (χ4v) is 6.81. The summed E-state index contributed by atoms with van der Waals surface area (Å²) in [5, 5.41) is 3.45. The molecule has 1 atom stereocenters. The zero-order chi connectivity index (χ0) is 33.4. The average Bonchev–Trinajstić information content (AvgIpc) is 3.03. The molecule has 0 radical (unpaired) electrons. The van der Waals surface area contributed by atoms with Gasteiger partial charge in [-0.25, -0.2) is 8.42 Å². The Morgan fingerprint density at radius 3 is 2.13 bits per heavy atom. The fourth-order valence-electron chi connectivity index (χ4n) is 5.14. The SMILES string of the molecule is Cc1ccc(S(=O)(=O)N(CC(=O)N(Cc2ccccc2Cl)[C@H](Cc2ccccc2)C(=O)NCC(C)C)c2cccc(C)c2C)cc1. The number of aryl methyl sites for hydroxylation is 2. The van der Waals surface area contributed by atoms with Crippen LogP contribution in [0.2, 0.25) is 5.02 Å². The molecule has 0 bridgehead atoms. The summed E-state index contributed by atoms with van der Waals surface area (Å²) in [7, 11) is -4.19. The Kier molecular flexibility index (Phi) is 11.7. The van der Waals surface area contributed by atoms with E-state index in [1.807, 2.05) is 77.1 Å². The van der Waals surface area contributed by atoms with E-state index >= 15 is 0 Å². The van der Waals surface area contributed by atoms with Crippen molar-refractivity contribution in [2.24, 2.45) is 5.92 Å². The minimum Gasteiger partial charge on any atom is -0.354 e. The summed E-state index contributed by atoms with van der Waals surface area (Å²) < 4.78 is 29.8. The van der Waals surface area contributed by atoms with Crippen molar-refractivity contribution in [1.29, 1.82) is 0 Å². The lowest BCUT2D eigenvalue weighted by molar-refractivity contribution is -0.140. The van der Waals surface area contributed by atoms with Gasteiger partial charge in [-0.05, 0) is 73.2 Å². The molecule has 0 aliphatic heterocycles. The molecule has 0 fully saturated rings. The third-order valence-corrected chi connectivity index (χ3v) is 10.1. The molecule has 0 aromatic heterocycles. The molecule has 0 saturated carbocycles. The van der Waals surface area contributed by atoms with Gasteiger partial charge in [-0.3, -0.25) is 13.9 Å². The highest BCUT2D eigenvalue weighted by Crippen LogP contribution is 2.30. The van der Waals surface area contributed by atoms with Crippen LogP contribution in [0, 0.1) is 26.7 Å². The second kappa shape index (κ2) is 15.4. The van der Waals surface area contributed by atoms with Crippen LogP contribution in [0.1, 0.15) is 41.7 Å². The number of carbonyl (C=O) groups is 2. The molecule has 0 unspecified atom stereocenters. The minimum absolute atomic E-state index is 0.0102. The lowest BCUT2D eigenvalue weighted by Crippen LogP contribution is -2.53. The monoisotopic (exact) mass is 659 g/mol. The van der Waals surface area contributed by atoms with Gasteiger partial charge in [-0.1, -0.05) is 104 Å². The number of nitrogens with one attached hydrogen (secondary N) is 1. The van der Waals surface area contributed by atoms with Crippen molar-refractivity contribution >= 4 is 39.1 Å². The summed E-state index contributed by atoms with van der Waals surface area (Å²) >= 11 is 6.58. The van der Waals surface area contributed by atoms with E-state index in [1.165, 1.54) is 4.90 Å². The van der Waals surface area contributed by atoms with Crippen molar-refractivity contribution in [3.8, 4) is 0 Å². The average molecular weight is 660 g/mol. The molecular weight excluding hydrogens is 618 g/mol. The number of hydrogen-bond acceptors (Lipinski definition) is 4. The normalized spacial score (nSPS) is 12.1. The van der Waals surface area contributed by atoms with Crippen molar-refractivity contribution in [3.05, 3.63) is 130 Å². The lowest BCUT2D eigenvalue weighted by Gasteiger charge is -2.34. The van der Waals surface area contributed by atoms with Gasteiger partial charge in [-0.15, -0.1) is 0 Å². The van der Waals surface area contributed by atoms with Gasteiger partial charge >= 0.3 is 0 Å². The summed E-state index contributed by atoms with van der Waals surface area (Å²) in [5.74, 6) is -0.664. The summed E-state index contributed by atoms with van der Waals surface area (Å²) in [5.41, 5.74) is 4.44. The van der Waals surface area contributed by atoms with Crippen LogP contribution in [0.5, 0.6) is 0 Å². The zero-order valence-electron chi connectivity index (χ0n) is 27.0. The van der Waals surface area contributed by atoms with Crippen LogP contribution in [-0.4, -0.2) is 44.3 Å². The van der Waals surface area contributed by atoms with Crippen LogP contribution < -0.4 is 9.62 Å². The van der Waals surface area contributed by atoms with Crippen LogP contribution in [0.4, 0.5) is 5.69 Å². The third kappa shape index (κ3) is 8.56. The molecule has 0 heterocycles. The number of halogens is 1. The maximum Gasteiger partial charge on any atom is 0.264 e. The molecule has 242 valence electrons. The first kappa shape index (κ1) is 34.7. The summed E-state index contributed by atoms with van der Waals surface area (Å²) in [6, 6.07) is 27.6. The number of rotatable bonds is 13. The molecular formula is C37H42ClN3O4S.